The molecule has 170 valence electrons. The molecule has 3 N–H and O–H groups in total. The Labute approximate surface area is 187 Å². The first-order chi connectivity index (χ1) is 15.2. The Balaban J connectivity index is 1.88. The minimum absolute atomic E-state index is 0.286. The highest BCUT2D eigenvalue weighted by atomic mass is 16.5. The molecular formula is C24H29N3O5. The third kappa shape index (κ3) is 7.54. The van der Waals surface area contributed by atoms with Gasteiger partial charge in [-0.2, -0.15) is 0 Å². The average molecular weight is 440 g/mol. The molecule has 2 aromatic carbocycles. The van der Waals surface area contributed by atoms with Crippen molar-refractivity contribution in [1.82, 2.24) is 10.6 Å². The van der Waals surface area contributed by atoms with E-state index in [1.54, 1.807) is 42.5 Å². The number of anilines is 1. The van der Waals surface area contributed by atoms with Crippen molar-refractivity contribution in [1.29, 1.82) is 0 Å². The van der Waals surface area contributed by atoms with Crippen molar-refractivity contribution in [2.75, 3.05) is 18.5 Å². The van der Waals surface area contributed by atoms with E-state index in [1.807, 2.05) is 26.8 Å². The van der Waals surface area contributed by atoms with Crippen molar-refractivity contribution in [2.24, 2.45) is 5.92 Å². The van der Waals surface area contributed by atoms with E-state index < -0.39 is 30.4 Å². The van der Waals surface area contributed by atoms with Gasteiger partial charge in [0.1, 0.15) is 6.04 Å². The smallest absolute Gasteiger partial charge is 0.328 e. The molecule has 0 fully saturated rings. The second-order valence-corrected chi connectivity index (χ2v) is 7.87. The molecule has 1 atom stereocenters. The maximum absolute atomic E-state index is 12.4. The lowest BCUT2D eigenvalue weighted by atomic mass is 10.1. The van der Waals surface area contributed by atoms with Crippen LogP contribution in [0.4, 0.5) is 5.69 Å². The lowest BCUT2D eigenvalue weighted by molar-refractivity contribution is -0.148. The van der Waals surface area contributed by atoms with E-state index in [4.69, 9.17) is 4.74 Å². The number of esters is 1. The highest BCUT2D eigenvalue weighted by Gasteiger charge is 2.20. The molecule has 0 bridgehead atoms. The van der Waals surface area contributed by atoms with Gasteiger partial charge in [-0.3, -0.25) is 14.4 Å². The number of rotatable bonds is 9. The Hall–Kier alpha value is -3.68. The summed E-state index contributed by atoms with van der Waals surface area (Å²) in [5.74, 6) is -1.78. The van der Waals surface area contributed by atoms with Crippen molar-refractivity contribution in [3.63, 3.8) is 0 Å². The highest BCUT2D eigenvalue weighted by molar-refractivity contribution is 6.04. The summed E-state index contributed by atoms with van der Waals surface area (Å²) in [6, 6.07) is 12.6. The van der Waals surface area contributed by atoms with Gasteiger partial charge in [0.25, 0.3) is 17.7 Å². The fourth-order valence-electron chi connectivity index (χ4n) is 2.76. The lowest BCUT2D eigenvalue weighted by Gasteiger charge is -2.15. The van der Waals surface area contributed by atoms with Crippen molar-refractivity contribution in [3.05, 3.63) is 65.2 Å². The molecule has 0 saturated heterocycles. The molecule has 0 aliphatic heterocycles. The van der Waals surface area contributed by atoms with Crippen LogP contribution in [0.5, 0.6) is 0 Å². The van der Waals surface area contributed by atoms with Gasteiger partial charge in [0, 0.05) is 12.1 Å². The highest BCUT2D eigenvalue weighted by Crippen LogP contribution is 2.15. The lowest BCUT2D eigenvalue weighted by Crippen LogP contribution is -2.40. The van der Waals surface area contributed by atoms with Gasteiger partial charge in [0.15, 0.2) is 6.61 Å². The molecule has 0 aliphatic carbocycles. The molecule has 32 heavy (non-hydrogen) atoms. The molecule has 2 aromatic rings. The van der Waals surface area contributed by atoms with Crippen LogP contribution in [-0.4, -0.2) is 42.9 Å². The molecule has 0 spiro atoms. The van der Waals surface area contributed by atoms with Crippen LogP contribution >= 0.6 is 0 Å². The second-order valence-electron chi connectivity index (χ2n) is 7.87. The summed E-state index contributed by atoms with van der Waals surface area (Å²) in [6.07, 6.45) is 0. The van der Waals surface area contributed by atoms with E-state index in [0.717, 1.165) is 5.56 Å². The summed E-state index contributed by atoms with van der Waals surface area (Å²) in [5, 5.41) is 7.92. The fourth-order valence-corrected chi connectivity index (χ4v) is 2.76. The number of amides is 3. The molecule has 0 heterocycles. The van der Waals surface area contributed by atoms with E-state index >= 15 is 0 Å². The number of carbonyl (C=O) groups excluding carboxylic acids is 4. The first-order valence-corrected chi connectivity index (χ1v) is 10.4. The minimum Gasteiger partial charge on any atom is -0.454 e. The van der Waals surface area contributed by atoms with Crippen LogP contribution in [0.25, 0.3) is 0 Å². The Morgan fingerprint density at radius 2 is 1.66 bits per heavy atom. The molecule has 0 saturated carbocycles. The topological polar surface area (TPSA) is 114 Å². The van der Waals surface area contributed by atoms with Crippen LogP contribution in [-0.2, 0) is 14.3 Å². The molecule has 0 unspecified atom stereocenters. The van der Waals surface area contributed by atoms with E-state index in [1.165, 1.54) is 6.92 Å². The number of ether oxygens (including phenoxy) is 1. The molecule has 3 amide bonds. The largest absolute Gasteiger partial charge is 0.454 e. The van der Waals surface area contributed by atoms with Gasteiger partial charge in [-0.05, 0) is 44.0 Å². The molecule has 8 nitrogen and oxygen atoms in total. The maximum atomic E-state index is 12.4. The average Bonchev–Trinajstić information content (AvgIpc) is 2.76. The van der Waals surface area contributed by atoms with Crippen LogP contribution < -0.4 is 16.0 Å². The van der Waals surface area contributed by atoms with E-state index in [9.17, 15) is 19.2 Å². The summed E-state index contributed by atoms with van der Waals surface area (Å²) in [7, 11) is 0. The SMILES string of the molecule is Cc1cccc(C(=O)N[C@@H](C)C(=O)OCC(=O)Nc2ccccc2C(=O)NCC(C)C)c1. The van der Waals surface area contributed by atoms with Crippen molar-refractivity contribution in [2.45, 2.75) is 33.7 Å². The van der Waals surface area contributed by atoms with Gasteiger partial charge in [0.05, 0.1) is 11.3 Å². The van der Waals surface area contributed by atoms with Gasteiger partial charge < -0.3 is 20.7 Å². The van der Waals surface area contributed by atoms with E-state index in [0.29, 0.717) is 23.4 Å². The van der Waals surface area contributed by atoms with Crippen LogP contribution in [0.1, 0.15) is 47.1 Å². The second kappa shape index (κ2) is 11.6. The van der Waals surface area contributed by atoms with Gasteiger partial charge in [-0.1, -0.05) is 43.7 Å². The quantitative estimate of drug-likeness (QED) is 0.520. The molecule has 0 radical (unpaired) electrons. The maximum Gasteiger partial charge on any atom is 0.328 e. The number of para-hydroxylation sites is 1. The summed E-state index contributed by atoms with van der Waals surface area (Å²) in [4.78, 5) is 49.0. The van der Waals surface area contributed by atoms with Crippen LogP contribution in [0, 0.1) is 12.8 Å². The Bertz CT molecular complexity index is 987. The minimum atomic E-state index is -0.940. The summed E-state index contributed by atoms with van der Waals surface area (Å²) >= 11 is 0. The van der Waals surface area contributed by atoms with Crippen molar-refractivity contribution in [3.8, 4) is 0 Å². The zero-order chi connectivity index (χ0) is 23.7. The third-order valence-electron chi connectivity index (χ3n) is 4.44. The predicted molar refractivity (Wildman–Crippen MR) is 121 cm³/mol. The van der Waals surface area contributed by atoms with Gasteiger partial charge >= 0.3 is 5.97 Å². The van der Waals surface area contributed by atoms with Crippen LogP contribution in [0.2, 0.25) is 0 Å². The standard InChI is InChI=1S/C24H29N3O5/c1-15(2)13-25-23(30)19-10-5-6-11-20(19)27-21(28)14-32-24(31)17(4)26-22(29)18-9-7-8-16(3)12-18/h5-12,15,17H,13-14H2,1-4H3,(H,25,30)(H,26,29)(H,27,28)/t17-/m0/s1. The Morgan fingerprint density at radius 3 is 2.34 bits per heavy atom. The molecule has 0 aromatic heterocycles. The molecule has 8 heteroatoms. The zero-order valence-corrected chi connectivity index (χ0v) is 18.7. The normalized spacial score (nSPS) is 11.4. The number of carbonyl (C=O) groups is 4. The molecule has 2 rings (SSSR count). The zero-order valence-electron chi connectivity index (χ0n) is 18.7. The van der Waals surface area contributed by atoms with E-state index in [-0.39, 0.29) is 11.8 Å². The third-order valence-corrected chi connectivity index (χ3v) is 4.44. The van der Waals surface area contributed by atoms with Gasteiger partial charge in [-0.15, -0.1) is 0 Å². The first-order valence-electron chi connectivity index (χ1n) is 10.4. The number of benzene rings is 2. The summed E-state index contributed by atoms with van der Waals surface area (Å²) in [6.45, 7) is 7.25. The monoisotopic (exact) mass is 439 g/mol. The number of aryl methyl sites for hydroxylation is 1. The predicted octanol–water partition coefficient (Wildman–Crippen LogP) is 2.68. The van der Waals surface area contributed by atoms with Gasteiger partial charge in [0.2, 0.25) is 0 Å². The van der Waals surface area contributed by atoms with Gasteiger partial charge in [-0.25, -0.2) is 4.79 Å². The Morgan fingerprint density at radius 1 is 0.938 bits per heavy atom. The van der Waals surface area contributed by atoms with E-state index in [2.05, 4.69) is 16.0 Å². The van der Waals surface area contributed by atoms with Crippen molar-refractivity contribution >= 4 is 29.4 Å². The first kappa shape index (κ1) is 24.6. The molecule has 0 aliphatic rings. The Kier molecular flexibility index (Phi) is 8.95. The van der Waals surface area contributed by atoms with Crippen molar-refractivity contribution < 1.29 is 23.9 Å². The van der Waals surface area contributed by atoms with Crippen LogP contribution in [0.3, 0.4) is 0 Å². The van der Waals surface area contributed by atoms with Crippen LogP contribution in [0.15, 0.2) is 48.5 Å². The summed E-state index contributed by atoms with van der Waals surface area (Å²) < 4.78 is 5.01. The molecular weight excluding hydrogens is 410 g/mol. The number of nitrogens with one attached hydrogen (secondary N) is 3. The summed E-state index contributed by atoms with van der Waals surface area (Å²) in [5.41, 5.74) is 1.97. The number of hydrogen-bond acceptors (Lipinski definition) is 5. The fraction of sp³-hybridized carbons (Fsp3) is 0.333. The number of hydrogen-bond donors (Lipinski definition) is 3.